The second kappa shape index (κ2) is 6.98. The van der Waals surface area contributed by atoms with Crippen LogP contribution in [0.1, 0.15) is 11.1 Å². The SMILES string of the molecule is NC(=O)[C@@H]1Cc2ccccc2CN1CC(=O)Nc1ccc(F)cc1F. The summed E-state index contributed by atoms with van der Waals surface area (Å²) in [7, 11) is 0. The van der Waals surface area contributed by atoms with Gasteiger partial charge < -0.3 is 11.1 Å². The molecule has 0 aliphatic carbocycles. The van der Waals surface area contributed by atoms with E-state index in [1.165, 1.54) is 0 Å². The molecule has 5 nitrogen and oxygen atoms in total. The zero-order valence-electron chi connectivity index (χ0n) is 13.3. The predicted molar refractivity (Wildman–Crippen MR) is 88.5 cm³/mol. The fourth-order valence-electron chi connectivity index (χ4n) is 2.99. The highest BCUT2D eigenvalue weighted by Gasteiger charge is 2.31. The van der Waals surface area contributed by atoms with Crippen LogP contribution < -0.4 is 11.1 Å². The third-order valence-corrected chi connectivity index (χ3v) is 4.23. The average molecular weight is 345 g/mol. The molecule has 0 bridgehead atoms. The molecule has 0 saturated carbocycles. The van der Waals surface area contributed by atoms with Gasteiger partial charge in [-0.05, 0) is 29.7 Å². The van der Waals surface area contributed by atoms with Crippen molar-refractivity contribution in [2.45, 2.75) is 19.0 Å². The van der Waals surface area contributed by atoms with Gasteiger partial charge in [-0.1, -0.05) is 24.3 Å². The van der Waals surface area contributed by atoms with Crippen LogP contribution in [-0.4, -0.2) is 29.3 Å². The van der Waals surface area contributed by atoms with Crippen LogP contribution in [0.4, 0.5) is 14.5 Å². The number of anilines is 1. The number of nitrogens with one attached hydrogen (secondary N) is 1. The summed E-state index contributed by atoms with van der Waals surface area (Å²) in [5, 5.41) is 2.39. The zero-order valence-corrected chi connectivity index (χ0v) is 13.3. The fraction of sp³-hybridized carbons (Fsp3) is 0.222. The minimum atomic E-state index is -0.858. The Balaban J connectivity index is 1.74. The molecule has 0 aromatic heterocycles. The van der Waals surface area contributed by atoms with Gasteiger partial charge in [0.25, 0.3) is 0 Å². The molecule has 2 amide bonds. The summed E-state index contributed by atoms with van der Waals surface area (Å²) < 4.78 is 26.6. The highest BCUT2D eigenvalue weighted by molar-refractivity contribution is 5.93. The second-order valence-corrected chi connectivity index (χ2v) is 5.97. The van der Waals surface area contributed by atoms with Crippen molar-refractivity contribution in [2.75, 3.05) is 11.9 Å². The molecule has 7 heteroatoms. The van der Waals surface area contributed by atoms with Crippen molar-refractivity contribution >= 4 is 17.5 Å². The standard InChI is InChI=1S/C18H17F2N3O2/c19-13-5-6-15(14(20)8-13)22-17(24)10-23-9-12-4-2-1-3-11(12)7-16(23)18(21)25/h1-6,8,16H,7,9-10H2,(H2,21,25)(H,22,24)/t16-/m0/s1. The number of amides is 2. The molecule has 0 spiro atoms. The molecule has 1 atom stereocenters. The maximum atomic E-state index is 13.6. The van der Waals surface area contributed by atoms with E-state index >= 15 is 0 Å². The summed E-state index contributed by atoms with van der Waals surface area (Å²) in [6.07, 6.45) is 0.420. The third kappa shape index (κ3) is 3.83. The van der Waals surface area contributed by atoms with Gasteiger partial charge in [-0.3, -0.25) is 14.5 Å². The number of benzene rings is 2. The van der Waals surface area contributed by atoms with Crippen LogP contribution >= 0.6 is 0 Å². The molecular weight excluding hydrogens is 328 g/mol. The Kier molecular flexibility index (Phi) is 4.76. The highest BCUT2D eigenvalue weighted by atomic mass is 19.1. The normalized spacial score (nSPS) is 17.0. The number of hydrogen-bond donors (Lipinski definition) is 2. The smallest absolute Gasteiger partial charge is 0.238 e. The van der Waals surface area contributed by atoms with Crippen molar-refractivity contribution < 1.29 is 18.4 Å². The van der Waals surface area contributed by atoms with Crippen LogP contribution in [0.2, 0.25) is 0 Å². The molecule has 1 aliphatic rings. The molecule has 25 heavy (non-hydrogen) atoms. The molecule has 130 valence electrons. The van der Waals surface area contributed by atoms with E-state index in [1.54, 1.807) is 4.90 Å². The number of rotatable bonds is 4. The first-order valence-electron chi connectivity index (χ1n) is 7.79. The number of halogens is 2. The Morgan fingerprint density at radius 2 is 1.88 bits per heavy atom. The Labute approximate surface area is 143 Å². The molecule has 2 aromatic rings. The van der Waals surface area contributed by atoms with E-state index in [-0.39, 0.29) is 12.2 Å². The number of nitrogens with two attached hydrogens (primary N) is 1. The summed E-state index contributed by atoms with van der Waals surface area (Å²) in [5.74, 6) is -2.60. The van der Waals surface area contributed by atoms with E-state index < -0.39 is 29.5 Å². The van der Waals surface area contributed by atoms with E-state index in [9.17, 15) is 18.4 Å². The molecule has 0 saturated heterocycles. The first-order chi connectivity index (χ1) is 11.9. The molecule has 0 fully saturated rings. The van der Waals surface area contributed by atoms with E-state index in [2.05, 4.69) is 5.32 Å². The number of nitrogens with zero attached hydrogens (tertiary/aromatic N) is 1. The molecule has 3 rings (SSSR count). The first-order valence-corrected chi connectivity index (χ1v) is 7.79. The molecule has 3 N–H and O–H groups in total. The number of carbonyl (C=O) groups is 2. The number of carbonyl (C=O) groups excluding carboxylic acids is 2. The van der Waals surface area contributed by atoms with Gasteiger partial charge in [0.2, 0.25) is 11.8 Å². The minimum absolute atomic E-state index is 0.112. The molecule has 1 heterocycles. The largest absolute Gasteiger partial charge is 0.368 e. The Hall–Kier alpha value is -2.80. The van der Waals surface area contributed by atoms with E-state index in [0.29, 0.717) is 19.0 Å². The van der Waals surface area contributed by atoms with Crippen molar-refractivity contribution in [2.24, 2.45) is 5.73 Å². The van der Waals surface area contributed by atoms with Crippen molar-refractivity contribution in [3.63, 3.8) is 0 Å². The van der Waals surface area contributed by atoms with Crippen LogP contribution in [-0.2, 0) is 22.6 Å². The lowest BCUT2D eigenvalue weighted by molar-refractivity contribution is -0.125. The zero-order chi connectivity index (χ0) is 18.0. The van der Waals surface area contributed by atoms with Crippen molar-refractivity contribution in [1.29, 1.82) is 0 Å². The quantitative estimate of drug-likeness (QED) is 0.887. The average Bonchev–Trinajstić information content (AvgIpc) is 2.56. The van der Waals surface area contributed by atoms with Crippen molar-refractivity contribution in [3.8, 4) is 0 Å². The van der Waals surface area contributed by atoms with E-state index in [4.69, 9.17) is 5.73 Å². The van der Waals surface area contributed by atoms with Gasteiger partial charge in [-0.2, -0.15) is 0 Å². The summed E-state index contributed by atoms with van der Waals surface area (Å²) >= 11 is 0. The number of primary amides is 1. The van der Waals surface area contributed by atoms with Crippen LogP contribution in [0.3, 0.4) is 0 Å². The van der Waals surface area contributed by atoms with Crippen LogP contribution in [0.25, 0.3) is 0 Å². The lowest BCUT2D eigenvalue weighted by atomic mass is 9.93. The third-order valence-electron chi connectivity index (χ3n) is 4.23. The number of fused-ring (bicyclic) bond motifs is 1. The molecule has 0 radical (unpaired) electrons. The van der Waals surface area contributed by atoms with Crippen LogP contribution in [0.15, 0.2) is 42.5 Å². The van der Waals surface area contributed by atoms with Crippen LogP contribution in [0, 0.1) is 11.6 Å². The van der Waals surface area contributed by atoms with Gasteiger partial charge in [0.15, 0.2) is 0 Å². The lowest BCUT2D eigenvalue weighted by Gasteiger charge is -2.34. The summed E-state index contributed by atoms with van der Waals surface area (Å²) in [6, 6.07) is 9.92. The van der Waals surface area contributed by atoms with Gasteiger partial charge in [-0.25, -0.2) is 8.78 Å². The monoisotopic (exact) mass is 345 g/mol. The second-order valence-electron chi connectivity index (χ2n) is 5.97. The lowest BCUT2D eigenvalue weighted by Crippen LogP contribution is -2.50. The van der Waals surface area contributed by atoms with Crippen molar-refractivity contribution in [1.82, 2.24) is 4.90 Å². The number of hydrogen-bond acceptors (Lipinski definition) is 3. The van der Waals surface area contributed by atoms with Gasteiger partial charge in [0.05, 0.1) is 18.3 Å². The van der Waals surface area contributed by atoms with E-state index in [1.807, 2.05) is 24.3 Å². The van der Waals surface area contributed by atoms with Crippen molar-refractivity contribution in [3.05, 3.63) is 65.2 Å². The maximum absolute atomic E-state index is 13.6. The van der Waals surface area contributed by atoms with Crippen LogP contribution in [0.5, 0.6) is 0 Å². The molecule has 1 aliphatic heterocycles. The fourth-order valence-corrected chi connectivity index (χ4v) is 2.99. The van der Waals surface area contributed by atoms with E-state index in [0.717, 1.165) is 23.3 Å². The topological polar surface area (TPSA) is 75.4 Å². The molecule has 0 unspecified atom stereocenters. The minimum Gasteiger partial charge on any atom is -0.368 e. The highest BCUT2D eigenvalue weighted by Crippen LogP contribution is 2.23. The Morgan fingerprint density at radius 1 is 1.16 bits per heavy atom. The van der Waals surface area contributed by atoms with Gasteiger partial charge in [-0.15, -0.1) is 0 Å². The summed E-state index contributed by atoms with van der Waals surface area (Å²) in [4.78, 5) is 25.6. The summed E-state index contributed by atoms with van der Waals surface area (Å²) in [5.41, 5.74) is 7.39. The maximum Gasteiger partial charge on any atom is 0.238 e. The Bertz CT molecular complexity index is 826. The summed E-state index contributed by atoms with van der Waals surface area (Å²) in [6.45, 7) is 0.266. The van der Waals surface area contributed by atoms with Gasteiger partial charge in [0.1, 0.15) is 11.6 Å². The molecule has 2 aromatic carbocycles. The predicted octanol–water partition coefficient (Wildman–Crippen LogP) is 1.82. The first kappa shape index (κ1) is 17.0. The van der Waals surface area contributed by atoms with Gasteiger partial charge >= 0.3 is 0 Å². The molecular formula is C18H17F2N3O2. The van der Waals surface area contributed by atoms with Gasteiger partial charge in [0, 0.05) is 12.6 Å². The Morgan fingerprint density at radius 3 is 2.56 bits per heavy atom.